The first-order chi connectivity index (χ1) is 14.8. The van der Waals surface area contributed by atoms with Gasteiger partial charge in [0, 0.05) is 0 Å². The summed E-state index contributed by atoms with van der Waals surface area (Å²) in [5.41, 5.74) is 1.59. The number of rotatable bonds is 8. The van der Waals surface area contributed by atoms with E-state index in [1.165, 1.54) is 11.8 Å². The quantitative estimate of drug-likeness (QED) is 0.433. The van der Waals surface area contributed by atoms with Gasteiger partial charge in [0.25, 0.3) is 0 Å². The van der Waals surface area contributed by atoms with Crippen molar-refractivity contribution in [3.63, 3.8) is 0 Å². The van der Waals surface area contributed by atoms with Crippen molar-refractivity contribution in [3.05, 3.63) is 52.0 Å². The van der Waals surface area contributed by atoms with E-state index in [-0.39, 0.29) is 24.2 Å². The second kappa shape index (κ2) is 10.6. The van der Waals surface area contributed by atoms with Gasteiger partial charge in [0.1, 0.15) is 5.75 Å². The molecule has 1 unspecified atom stereocenters. The van der Waals surface area contributed by atoms with Crippen molar-refractivity contribution in [1.82, 2.24) is 0 Å². The summed E-state index contributed by atoms with van der Waals surface area (Å²) in [6.45, 7) is 6.98. The lowest BCUT2D eigenvalue weighted by Crippen LogP contribution is -2.41. The summed E-state index contributed by atoms with van der Waals surface area (Å²) in [6.07, 6.45) is -0.00596. The molecule has 0 aliphatic carbocycles. The topological polar surface area (TPSA) is 55.8 Å². The lowest BCUT2D eigenvalue weighted by atomic mass is 10.1. The van der Waals surface area contributed by atoms with Gasteiger partial charge in [-0.3, -0.25) is 9.59 Å². The van der Waals surface area contributed by atoms with Crippen LogP contribution in [0.5, 0.6) is 5.75 Å². The van der Waals surface area contributed by atoms with Gasteiger partial charge < -0.3 is 14.4 Å². The smallest absolute Gasteiger partial charge is 0.307 e. The zero-order valence-electron chi connectivity index (χ0n) is 17.7. The number of amides is 1. The molecule has 2 aromatic rings. The maximum absolute atomic E-state index is 13.4. The monoisotopic (exact) mass is 481 g/mol. The number of nitrogens with zero attached hydrogens (tertiary/aromatic N) is 1. The largest absolute Gasteiger partial charge is 0.493 e. The molecule has 0 N–H and O–H groups in total. The van der Waals surface area contributed by atoms with E-state index in [0.29, 0.717) is 35.6 Å². The highest BCUT2D eigenvalue weighted by Gasteiger charge is 2.37. The molecule has 1 atom stereocenters. The first-order valence-corrected chi connectivity index (χ1v) is 11.8. The molecule has 31 heavy (non-hydrogen) atoms. The fourth-order valence-corrected chi connectivity index (χ4v) is 4.77. The summed E-state index contributed by atoms with van der Waals surface area (Å²) in [5, 5.41) is 0.280. The number of thioether (sulfide) groups is 1. The van der Waals surface area contributed by atoms with Gasteiger partial charge >= 0.3 is 5.97 Å². The molecule has 0 saturated carbocycles. The van der Waals surface area contributed by atoms with Gasteiger partial charge in [-0.15, -0.1) is 11.8 Å². The molecule has 8 heteroatoms. The minimum absolute atomic E-state index is 0.00596. The summed E-state index contributed by atoms with van der Waals surface area (Å²) in [5.74, 6) is 0.386. The normalized spacial score (nSPS) is 15.7. The highest BCUT2D eigenvalue weighted by Crippen LogP contribution is 2.46. The zero-order chi connectivity index (χ0) is 22.5. The van der Waals surface area contributed by atoms with E-state index in [4.69, 9.17) is 32.7 Å². The van der Waals surface area contributed by atoms with Crippen LogP contribution < -0.4 is 9.64 Å². The van der Waals surface area contributed by atoms with Crippen LogP contribution in [0.2, 0.25) is 10.0 Å². The minimum atomic E-state index is -0.600. The second-order valence-electron chi connectivity index (χ2n) is 7.60. The highest BCUT2D eigenvalue weighted by atomic mass is 35.5. The van der Waals surface area contributed by atoms with E-state index in [1.54, 1.807) is 17.0 Å². The molecular weight excluding hydrogens is 457 g/mol. The Morgan fingerprint density at radius 3 is 2.65 bits per heavy atom. The van der Waals surface area contributed by atoms with E-state index in [9.17, 15) is 9.59 Å². The molecular formula is C23H25Cl2NO4S. The van der Waals surface area contributed by atoms with Gasteiger partial charge in [0.15, 0.2) is 0 Å². The molecule has 2 aromatic carbocycles. The number of anilines is 1. The van der Waals surface area contributed by atoms with Crippen LogP contribution in [-0.2, 0) is 20.9 Å². The first kappa shape index (κ1) is 23.8. The summed E-state index contributed by atoms with van der Waals surface area (Å²) >= 11 is 13.6. The fourth-order valence-electron chi connectivity index (χ4n) is 3.17. The van der Waals surface area contributed by atoms with Gasteiger partial charge in [-0.25, -0.2) is 0 Å². The Balaban J connectivity index is 1.92. The first-order valence-electron chi connectivity index (χ1n) is 10.1. The standard InChI is InChI=1S/C23H25Cl2NO4S/c1-4-29-19-7-5-6-18-22(19)31-20(11-21(27)30-13-14(2)3)23(28)26(18)12-15-8-9-16(24)17(25)10-15/h5-10,14,20H,4,11-13H2,1-3H3. The Bertz CT molecular complexity index is 967. The van der Waals surface area contributed by atoms with E-state index in [1.807, 2.05) is 45.0 Å². The van der Waals surface area contributed by atoms with Crippen molar-refractivity contribution >= 4 is 52.5 Å². The number of carbonyl (C=O) groups excluding carboxylic acids is 2. The average Bonchev–Trinajstić information content (AvgIpc) is 2.73. The van der Waals surface area contributed by atoms with Crippen LogP contribution in [0.15, 0.2) is 41.3 Å². The molecule has 0 radical (unpaired) electrons. The van der Waals surface area contributed by atoms with Gasteiger partial charge in [-0.1, -0.05) is 49.2 Å². The number of fused-ring (bicyclic) bond motifs is 1. The molecule has 0 fully saturated rings. The van der Waals surface area contributed by atoms with Crippen molar-refractivity contribution in [3.8, 4) is 5.75 Å². The third-order valence-electron chi connectivity index (χ3n) is 4.60. The number of carbonyl (C=O) groups is 2. The van der Waals surface area contributed by atoms with Gasteiger partial charge in [-0.05, 0) is 42.7 Å². The summed E-state index contributed by atoms with van der Waals surface area (Å²) in [6, 6.07) is 10.9. The molecule has 0 aromatic heterocycles. The Hall–Kier alpha value is -1.89. The van der Waals surface area contributed by atoms with Crippen molar-refractivity contribution < 1.29 is 19.1 Å². The maximum atomic E-state index is 13.4. The van der Waals surface area contributed by atoms with Gasteiger partial charge in [0.05, 0.1) is 52.1 Å². The molecule has 5 nitrogen and oxygen atoms in total. The molecule has 0 spiro atoms. The number of hydrogen-bond acceptors (Lipinski definition) is 5. The SMILES string of the molecule is CCOc1cccc2c1SC(CC(=O)OCC(C)C)C(=O)N2Cc1ccc(Cl)c(Cl)c1. The maximum Gasteiger partial charge on any atom is 0.307 e. The fraction of sp³-hybridized carbons (Fsp3) is 0.391. The third-order valence-corrected chi connectivity index (χ3v) is 6.64. The Morgan fingerprint density at radius 2 is 1.97 bits per heavy atom. The summed E-state index contributed by atoms with van der Waals surface area (Å²) in [4.78, 5) is 28.3. The van der Waals surface area contributed by atoms with Crippen LogP contribution in [0.3, 0.4) is 0 Å². The number of halogens is 2. The van der Waals surface area contributed by atoms with E-state index >= 15 is 0 Å². The minimum Gasteiger partial charge on any atom is -0.493 e. The Morgan fingerprint density at radius 1 is 1.19 bits per heavy atom. The van der Waals surface area contributed by atoms with Crippen LogP contribution in [0.1, 0.15) is 32.8 Å². The van der Waals surface area contributed by atoms with Gasteiger partial charge in [-0.2, -0.15) is 0 Å². The molecule has 1 aliphatic heterocycles. The summed E-state index contributed by atoms with van der Waals surface area (Å²) < 4.78 is 11.1. The van der Waals surface area contributed by atoms with Crippen molar-refractivity contribution in [2.24, 2.45) is 5.92 Å². The molecule has 0 bridgehead atoms. The molecule has 0 saturated heterocycles. The van der Waals surface area contributed by atoms with Crippen LogP contribution in [0.25, 0.3) is 0 Å². The van der Waals surface area contributed by atoms with Crippen molar-refractivity contribution in [2.45, 2.75) is 43.9 Å². The lowest BCUT2D eigenvalue weighted by molar-refractivity contribution is -0.145. The predicted octanol–water partition coefficient (Wildman–Crippen LogP) is 5.99. The number of hydrogen-bond donors (Lipinski definition) is 0. The van der Waals surface area contributed by atoms with Crippen LogP contribution >= 0.6 is 35.0 Å². The lowest BCUT2D eigenvalue weighted by Gasteiger charge is -2.34. The Kier molecular flexibility index (Phi) is 8.14. The van der Waals surface area contributed by atoms with Crippen molar-refractivity contribution in [1.29, 1.82) is 0 Å². The number of benzene rings is 2. The molecule has 1 aliphatic rings. The Labute approximate surface area is 197 Å². The molecule has 166 valence electrons. The highest BCUT2D eigenvalue weighted by molar-refractivity contribution is 8.01. The molecule has 3 rings (SSSR count). The molecule has 1 heterocycles. The third kappa shape index (κ3) is 5.88. The van der Waals surface area contributed by atoms with E-state index in [2.05, 4.69) is 0 Å². The average molecular weight is 482 g/mol. The predicted molar refractivity (Wildman–Crippen MR) is 125 cm³/mol. The zero-order valence-corrected chi connectivity index (χ0v) is 20.0. The summed E-state index contributed by atoms with van der Waals surface area (Å²) in [7, 11) is 0. The second-order valence-corrected chi connectivity index (χ2v) is 9.63. The van der Waals surface area contributed by atoms with E-state index in [0.717, 1.165) is 16.1 Å². The van der Waals surface area contributed by atoms with E-state index < -0.39 is 5.25 Å². The van der Waals surface area contributed by atoms with Gasteiger partial charge in [0.2, 0.25) is 5.91 Å². The van der Waals surface area contributed by atoms with Crippen molar-refractivity contribution in [2.75, 3.05) is 18.1 Å². The molecule has 1 amide bonds. The van der Waals surface area contributed by atoms with Crippen LogP contribution in [-0.4, -0.2) is 30.3 Å². The number of ether oxygens (including phenoxy) is 2. The number of esters is 1. The van der Waals surface area contributed by atoms with Crippen LogP contribution in [0, 0.1) is 5.92 Å². The van der Waals surface area contributed by atoms with Crippen LogP contribution in [0.4, 0.5) is 5.69 Å².